The number of rotatable bonds is 3. The van der Waals surface area contributed by atoms with Crippen molar-refractivity contribution in [2.24, 2.45) is 0 Å². The standard InChI is InChI=1S/C10H13F3N2/c1-7(14-2)5-9-4-3-8(6-15-9)10(11,12)13/h3-4,6-7,14H,5H2,1-2H3. The van der Waals surface area contributed by atoms with E-state index in [1.807, 2.05) is 6.92 Å². The summed E-state index contributed by atoms with van der Waals surface area (Å²) < 4.78 is 36.6. The van der Waals surface area contributed by atoms with Crippen molar-refractivity contribution in [2.45, 2.75) is 25.6 Å². The number of aromatic nitrogens is 1. The summed E-state index contributed by atoms with van der Waals surface area (Å²) in [5.74, 6) is 0. The van der Waals surface area contributed by atoms with Gasteiger partial charge >= 0.3 is 6.18 Å². The first-order chi connectivity index (χ1) is 6.93. The minimum Gasteiger partial charge on any atom is -0.317 e. The van der Waals surface area contributed by atoms with Gasteiger partial charge in [0.25, 0.3) is 0 Å². The van der Waals surface area contributed by atoms with Crippen molar-refractivity contribution in [3.8, 4) is 0 Å². The molecule has 1 unspecified atom stereocenters. The van der Waals surface area contributed by atoms with Crippen LogP contribution in [0.4, 0.5) is 13.2 Å². The highest BCUT2D eigenvalue weighted by Crippen LogP contribution is 2.28. The van der Waals surface area contributed by atoms with Gasteiger partial charge in [-0.15, -0.1) is 0 Å². The molecule has 1 N–H and O–H groups in total. The third-order valence-corrected chi connectivity index (χ3v) is 2.16. The van der Waals surface area contributed by atoms with Gasteiger partial charge in [0.15, 0.2) is 0 Å². The summed E-state index contributed by atoms with van der Waals surface area (Å²) in [6, 6.07) is 2.68. The molecule has 15 heavy (non-hydrogen) atoms. The van der Waals surface area contributed by atoms with E-state index < -0.39 is 11.7 Å². The lowest BCUT2D eigenvalue weighted by atomic mass is 10.1. The first kappa shape index (κ1) is 12.0. The first-order valence-electron chi connectivity index (χ1n) is 4.63. The molecule has 0 aliphatic rings. The van der Waals surface area contributed by atoms with Crippen LogP contribution in [0.3, 0.4) is 0 Å². The number of likely N-dealkylation sites (N-methyl/N-ethyl adjacent to an activating group) is 1. The number of nitrogens with one attached hydrogen (secondary N) is 1. The Kier molecular flexibility index (Phi) is 3.68. The SMILES string of the molecule is CNC(C)Cc1ccc(C(F)(F)F)cn1. The van der Waals surface area contributed by atoms with Crippen LogP contribution in [-0.4, -0.2) is 18.1 Å². The van der Waals surface area contributed by atoms with Crippen LogP contribution in [0.1, 0.15) is 18.2 Å². The fourth-order valence-corrected chi connectivity index (χ4v) is 1.13. The molecule has 0 saturated heterocycles. The molecule has 1 heterocycles. The zero-order valence-electron chi connectivity index (χ0n) is 8.60. The van der Waals surface area contributed by atoms with Crippen LogP contribution in [0.2, 0.25) is 0 Å². The Morgan fingerprint density at radius 2 is 2.07 bits per heavy atom. The maximum absolute atomic E-state index is 12.2. The molecule has 0 amide bonds. The van der Waals surface area contributed by atoms with Gasteiger partial charge in [-0.05, 0) is 26.1 Å². The number of pyridine rings is 1. The highest BCUT2D eigenvalue weighted by atomic mass is 19.4. The third-order valence-electron chi connectivity index (χ3n) is 2.16. The van der Waals surface area contributed by atoms with Crippen molar-refractivity contribution in [1.29, 1.82) is 0 Å². The molecule has 0 aliphatic heterocycles. The van der Waals surface area contributed by atoms with Crippen molar-refractivity contribution in [3.63, 3.8) is 0 Å². The minimum atomic E-state index is -4.31. The molecule has 1 aromatic rings. The van der Waals surface area contributed by atoms with Gasteiger partial charge in [-0.3, -0.25) is 4.98 Å². The zero-order chi connectivity index (χ0) is 11.5. The van der Waals surface area contributed by atoms with Gasteiger partial charge in [-0.1, -0.05) is 0 Å². The molecule has 0 aliphatic carbocycles. The van der Waals surface area contributed by atoms with E-state index in [-0.39, 0.29) is 6.04 Å². The topological polar surface area (TPSA) is 24.9 Å². The van der Waals surface area contributed by atoms with Gasteiger partial charge in [-0.2, -0.15) is 13.2 Å². The fraction of sp³-hybridized carbons (Fsp3) is 0.500. The van der Waals surface area contributed by atoms with Crippen molar-refractivity contribution < 1.29 is 13.2 Å². The minimum absolute atomic E-state index is 0.203. The molecule has 1 atom stereocenters. The van der Waals surface area contributed by atoms with Crippen molar-refractivity contribution in [1.82, 2.24) is 10.3 Å². The predicted molar refractivity (Wildman–Crippen MR) is 51.5 cm³/mol. The Hall–Kier alpha value is -1.10. The summed E-state index contributed by atoms with van der Waals surface area (Å²) in [7, 11) is 1.80. The van der Waals surface area contributed by atoms with Gasteiger partial charge < -0.3 is 5.32 Å². The summed E-state index contributed by atoms with van der Waals surface area (Å²) in [6.45, 7) is 1.94. The molecule has 0 aromatic carbocycles. The summed E-state index contributed by atoms with van der Waals surface area (Å²) in [5, 5.41) is 3.00. The highest BCUT2D eigenvalue weighted by Gasteiger charge is 2.30. The van der Waals surface area contributed by atoms with Crippen LogP contribution in [-0.2, 0) is 12.6 Å². The number of halogens is 3. The summed E-state index contributed by atoms with van der Waals surface area (Å²) in [6.07, 6.45) is -2.81. The summed E-state index contributed by atoms with van der Waals surface area (Å²) >= 11 is 0. The van der Waals surface area contributed by atoms with Gasteiger partial charge in [-0.25, -0.2) is 0 Å². The second-order valence-corrected chi connectivity index (χ2v) is 3.43. The van der Waals surface area contributed by atoms with Gasteiger partial charge in [0, 0.05) is 24.4 Å². The highest BCUT2D eigenvalue weighted by molar-refractivity contribution is 5.17. The van der Waals surface area contributed by atoms with Crippen LogP contribution in [0, 0.1) is 0 Å². The van der Waals surface area contributed by atoms with E-state index >= 15 is 0 Å². The van der Waals surface area contributed by atoms with Crippen LogP contribution in [0.15, 0.2) is 18.3 Å². The van der Waals surface area contributed by atoms with Crippen molar-refractivity contribution >= 4 is 0 Å². The molecule has 84 valence electrons. The quantitative estimate of drug-likeness (QED) is 0.841. The van der Waals surface area contributed by atoms with Crippen LogP contribution in [0.25, 0.3) is 0 Å². The van der Waals surface area contributed by atoms with Gasteiger partial charge in [0.05, 0.1) is 5.56 Å². The number of hydrogen-bond acceptors (Lipinski definition) is 2. The van der Waals surface area contributed by atoms with E-state index in [1.54, 1.807) is 7.05 Å². The molecule has 0 bridgehead atoms. The Morgan fingerprint density at radius 3 is 2.47 bits per heavy atom. The predicted octanol–water partition coefficient (Wildman–Crippen LogP) is 2.25. The molecule has 5 heteroatoms. The van der Waals surface area contributed by atoms with E-state index in [2.05, 4.69) is 10.3 Å². The van der Waals surface area contributed by atoms with Crippen LogP contribution >= 0.6 is 0 Å². The maximum atomic E-state index is 12.2. The molecular formula is C10H13F3N2. The van der Waals surface area contributed by atoms with Gasteiger partial charge in [0.1, 0.15) is 0 Å². The fourth-order valence-electron chi connectivity index (χ4n) is 1.13. The van der Waals surface area contributed by atoms with E-state index in [0.29, 0.717) is 12.1 Å². The smallest absolute Gasteiger partial charge is 0.317 e. The number of alkyl halides is 3. The maximum Gasteiger partial charge on any atom is 0.417 e. The van der Waals surface area contributed by atoms with Crippen LogP contribution < -0.4 is 5.32 Å². The lowest BCUT2D eigenvalue weighted by molar-refractivity contribution is -0.137. The van der Waals surface area contributed by atoms with Crippen LogP contribution in [0.5, 0.6) is 0 Å². The molecule has 2 nitrogen and oxygen atoms in total. The molecule has 0 saturated carbocycles. The molecule has 0 spiro atoms. The Morgan fingerprint density at radius 1 is 1.40 bits per heavy atom. The third kappa shape index (κ3) is 3.51. The van der Waals surface area contributed by atoms with Crippen molar-refractivity contribution in [2.75, 3.05) is 7.05 Å². The summed E-state index contributed by atoms with van der Waals surface area (Å²) in [5.41, 5.74) is -0.0480. The van der Waals surface area contributed by atoms with E-state index in [1.165, 1.54) is 6.07 Å². The van der Waals surface area contributed by atoms with Gasteiger partial charge in [0.2, 0.25) is 0 Å². The monoisotopic (exact) mass is 218 g/mol. The largest absolute Gasteiger partial charge is 0.417 e. The first-order valence-corrected chi connectivity index (χ1v) is 4.63. The Labute approximate surface area is 86.5 Å². The van der Waals surface area contributed by atoms with E-state index in [4.69, 9.17) is 0 Å². The molecule has 0 radical (unpaired) electrons. The lowest BCUT2D eigenvalue weighted by Crippen LogP contribution is -2.24. The average Bonchev–Trinajstić information content (AvgIpc) is 2.17. The number of nitrogens with zero attached hydrogens (tertiary/aromatic N) is 1. The van der Waals surface area contributed by atoms with Crippen molar-refractivity contribution in [3.05, 3.63) is 29.6 Å². The lowest BCUT2D eigenvalue weighted by Gasteiger charge is -2.10. The molecule has 1 rings (SSSR count). The van der Waals surface area contributed by atoms with E-state index in [0.717, 1.165) is 12.3 Å². The summed E-state index contributed by atoms with van der Waals surface area (Å²) in [4.78, 5) is 3.77. The zero-order valence-corrected chi connectivity index (χ0v) is 8.60. The molecule has 1 aromatic heterocycles. The average molecular weight is 218 g/mol. The molecule has 0 fully saturated rings. The second kappa shape index (κ2) is 4.61. The van der Waals surface area contributed by atoms with E-state index in [9.17, 15) is 13.2 Å². The molecular weight excluding hydrogens is 205 g/mol. The Balaban J connectivity index is 2.73. The number of hydrogen-bond donors (Lipinski definition) is 1. The normalized spacial score (nSPS) is 13.9. The Bertz CT molecular complexity index is 305. The second-order valence-electron chi connectivity index (χ2n) is 3.43.